The van der Waals surface area contributed by atoms with Crippen LogP contribution in [0.4, 0.5) is 5.69 Å². The van der Waals surface area contributed by atoms with E-state index in [1.54, 1.807) is 24.7 Å². The Morgan fingerprint density at radius 3 is 2.74 bits per heavy atom. The predicted molar refractivity (Wildman–Crippen MR) is 73.9 cm³/mol. The van der Waals surface area contributed by atoms with Gasteiger partial charge in [0.15, 0.2) is 0 Å². The van der Waals surface area contributed by atoms with E-state index in [4.69, 9.17) is 0 Å². The Balaban J connectivity index is 1.99. The fraction of sp³-hybridized carbons (Fsp3) is 0.214. The van der Waals surface area contributed by atoms with Gasteiger partial charge in [0.25, 0.3) is 5.91 Å². The summed E-state index contributed by atoms with van der Waals surface area (Å²) in [5, 5.41) is 5.79. The molecule has 0 radical (unpaired) electrons. The van der Waals surface area contributed by atoms with Crippen LogP contribution in [0.3, 0.4) is 0 Å². The lowest BCUT2D eigenvalue weighted by Gasteiger charge is -2.07. The summed E-state index contributed by atoms with van der Waals surface area (Å²) in [6, 6.07) is 5.43. The number of nitrogens with zero attached hydrogens (tertiary/aromatic N) is 2. The molecule has 0 saturated heterocycles. The first-order valence-corrected chi connectivity index (χ1v) is 6.02. The highest BCUT2D eigenvalue weighted by Crippen LogP contribution is 2.06. The summed E-state index contributed by atoms with van der Waals surface area (Å²) in [6.45, 7) is 2.44. The molecule has 0 fully saturated rings. The molecule has 0 aromatic carbocycles. The minimum absolute atomic E-state index is 0.189. The fourth-order valence-electron chi connectivity index (χ4n) is 1.62. The molecule has 0 atom stereocenters. The topological polar surface area (TPSA) is 66.9 Å². The largest absolute Gasteiger partial charge is 0.387 e. The number of rotatable bonds is 4. The summed E-state index contributed by atoms with van der Waals surface area (Å²) >= 11 is 0. The smallest absolute Gasteiger partial charge is 0.270 e. The van der Waals surface area contributed by atoms with E-state index in [-0.39, 0.29) is 5.91 Å². The zero-order valence-electron chi connectivity index (χ0n) is 11.0. The number of aryl methyl sites for hydroxylation is 1. The van der Waals surface area contributed by atoms with Crippen molar-refractivity contribution in [2.45, 2.75) is 13.5 Å². The zero-order valence-corrected chi connectivity index (χ0v) is 11.0. The lowest BCUT2D eigenvalue weighted by Crippen LogP contribution is -2.24. The average Bonchev–Trinajstić information content (AvgIpc) is 2.46. The number of nitrogens with one attached hydrogen (secondary N) is 2. The predicted octanol–water partition coefficient (Wildman–Crippen LogP) is 1.76. The summed E-state index contributed by atoms with van der Waals surface area (Å²) < 4.78 is 0. The lowest BCUT2D eigenvalue weighted by molar-refractivity contribution is 0.0946. The van der Waals surface area contributed by atoms with Crippen LogP contribution in [-0.4, -0.2) is 22.9 Å². The van der Waals surface area contributed by atoms with Crippen molar-refractivity contribution >= 4 is 11.6 Å². The van der Waals surface area contributed by atoms with E-state index in [1.165, 1.54) is 0 Å². The third-order valence-corrected chi connectivity index (χ3v) is 2.87. The molecule has 2 aromatic rings. The van der Waals surface area contributed by atoms with Gasteiger partial charge in [-0.15, -0.1) is 0 Å². The minimum atomic E-state index is -0.189. The quantitative estimate of drug-likeness (QED) is 0.874. The molecular formula is C14H16N4O. The molecule has 2 rings (SSSR count). The van der Waals surface area contributed by atoms with E-state index < -0.39 is 0 Å². The Morgan fingerprint density at radius 1 is 1.26 bits per heavy atom. The van der Waals surface area contributed by atoms with Crippen molar-refractivity contribution < 1.29 is 4.79 Å². The maximum Gasteiger partial charge on any atom is 0.270 e. The molecule has 0 aliphatic heterocycles. The molecule has 0 aliphatic carbocycles. The first-order chi connectivity index (χ1) is 9.20. The maximum absolute atomic E-state index is 11.9. The van der Waals surface area contributed by atoms with Crippen molar-refractivity contribution in [2.75, 3.05) is 12.4 Å². The number of anilines is 1. The molecule has 0 aliphatic rings. The molecule has 2 heterocycles. The second-order valence-corrected chi connectivity index (χ2v) is 4.17. The number of hydrogen-bond acceptors (Lipinski definition) is 4. The standard InChI is InChI=1S/C14H16N4O/c1-10-5-6-16-7-11(10)8-18-14(19)13-4-3-12(15-2)9-17-13/h3-7,9,15H,8H2,1-2H3,(H,18,19). The van der Waals surface area contributed by atoms with Crippen LogP contribution in [0, 0.1) is 6.92 Å². The van der Waals surface area contributed by atoms with E-state index in [2.05, 4.69) is 20.6 Å². The van der Waals surface area contributed by atoms with Gasteiger partial charge in [-0.2, -0.15) is 0 Å². The highest BCUT2D eigenvalue weighted by atomic mass is 16.1. The summed E-state index contributed by atoms with van der Waals surface area (Å²) in [7, 11) is 1.81. The normalized spacial score (nSPS) is 10.0. The molecule has 19 heavy (non-hydrogen) atoms. The van der Waals surface area contributed by atoms with Gasteiger partial charge in [0.2, 0.25) is 0 Å². The second kappa shape index (κ2) is 5.95. The molecule has 0 spiro atoms. The monoisotopic (exact) mass is 256 g/mol. The van der Waals surface area contributed by atoms with E-state index in [0.29, 0.717) is 12.2 Å². The van der Waals surface area contributed by atoms with Gasteiger partial charge >= 0.3 is 0 Å². The SMILES string of the molecule is CNc1ccc(C(=O)NCc2cnccc2C)nc1. The van der Waals surface area contributed by atoms with E-state index in [9.17, 15) is 4.79 Å². The van der Waals surface area contributed by atoms with Crippen molar-refractivity contribution in [1.82, 2.24) is 15.3 Å². The van der Waals surface area contributed by atoms with Crippen LogP contribution in [0.15, 0.2) is 36.8 Å². The number of amides is 1. The number of carbonyl (C=O) groups is 1. The van der Waals surface area contributed by atoms with Crippen molar-refractivity contribution in [3.05, 3.63) is 53.6 Å². The number of carbonyl (C=O) groups excluding carboxylic acids is 1. The Hall–Kier alpha value is -2.43. The van der Waals surface area contributed by atoms with Gasteiger partial charge in [-0.25, -0.2) is 4.98 Å². The Morgan fingerprint density at radius 2 is 2.11 bits per heavy atom. The van der Waals surface area contributed by atoms with Gasteiger partial charge in [-0.3, -0.25) is 9.78 Å². The first kappa shape index (κ1) is 13.0. The molecule has 0 saturated carbocycles. The summed E-state index contributed by atoms with van der Waals surface area (Å²) in [6.07, 6.45) is 5.12. The van der Waals surface area contributed by atoms with E-state index in [1.807, 2.05) is 26.1 Å². The second-order valence-electron chi connectivity index (χ2n) is 4.17. The van der Waals surface area contributed by atoms with Gasteiger partial charge in [0, 0.05) is 26.0 Å². The van der Waals surface area contributed by atoms with Crippen LogP contribution in [0.2, 0.25) is 0 Å². The van der Waals surface area contributed by atoms with Gasteiger partial charge in [0.05, 0.1) is 11.9 Å². The molecule has 0 bridgehead atoms. The fourth-order valence-corrected chi connectivity index (χ4v) is 1.62. The number of aromatic nitrogens is 2. The summed E-state index contributed by atoms with van der Waals surface area (Å²) in [5.41, 5.74) is 3.39. The number of pyridine rings is 2. The van der Waals surface area contributed by atoms with Crippen LogP contribution < -0.4 is 10.6 Å². The van der Waals surface area contributed by atoms with Crippen LogP contribution in [0.5, 0.6) is 0 Å². The Kier molecular flexibility index (Phi) is 4.07. The minimum Gasteiger partial charge on any atom is -0.387 e. The van der Waals surface area contributed by atoms with Crippen LogP contribution in [-0.2, 0) is 6.54 Å². The summed E-state index contributed by atoms with van der Waals surface area (Å²) in [5.74, 6) is -0.189. The van der Waals surface area contributed by atoms with Gasteiger partial charge < -0.3 is 10.6 Å². The molecule has 0 unspecified atom stereocenters. The summed E-state index contributed by atoms with van der Waals surface area (Å²) in [4.78, 5) is 20.1. The third-order valence-electron chi connectivity index (χ3n) is 2.87. The van der Waals surface area contributed by atoms with Crippen molar-refractivity contribution in [1.29, 1.82) is 0 Å². The van der Waals surface area contributed by atoms with Gasteiger partial charge in [-0.1, -0.05) is 0 Å². The van der Waals surface area contributed by atoms with Crippen molar-refractivity contribution in [2.24, 2.45) is 0 Å². The Bertz CT molecular complexity index is 566. The number of hydrogen-bond donors (Lipinski definition) is 2. The lowest BCUT2D eigenvalue weighted by atomic mass is 10.1. The highest BCUT2D eigenvalue weighted by molar-refractivity contribution is 5.92. The van der Waals surface area contributed by atoms with E-state index >= 15 is 0 Å². The van der Waals surface area contributed by atoms with Crippen molar-refractivity contribution in [3.63, 3.8) is 0 Å². The van der Waals surface area contributed by atoms with Gasteiger partial charge in [0.1, 0.15) is 5.69 Å². The molecule has 5 nitrogen and oxygen atoms in total. The van der Waals surface area contributed by atoms with Crippen LogP contribution >= 0.6 is 0 Å². The molecule has 5 heteroatoms. The van der Waals surface area contributed by atoms with E-state index in [0.717, 1.165) is 16.8 Å². The molecular weight excluding hydrogens is 240 g/mol. The molecule has 98 valence electrons. The highest BCUT2D eigenvalue weighted by Gasteiger charge is 2.07. The third kappa shape index (κ3) is 3.28. The molecule has 1 amide bonds. The molecule has 2 N–H and O–H groups in total. The Labute approximate surface area is 112 Å². The van der Waals surface area contributed by atoms with Crippen LogP contribution in [0.25, 0.3) is 0 Å². The maximum atomic E-state index is 11.9. The zero-order chi connectivity index (χ0) is 13.7. The van der Waals surface area contributed by atoms with Crippen molar-refractivity contribution in [3.8, 4) is 0 Å². The average molecular weight is 256 g/mol. The molecule has 2 aromatic heterocycles. The van der Waals surface area contributed by atoms with Gasteiger partial charge in [-0.05, 0) is 36.2 Å². The first-order valence-electron chi connectivity index (χ1n) is 6.02. The van der Waals surface area contributed by atoms with Crippen LogP contribution in [0.1, 0.15) is 21.6 Å².